The summed E-state index contributed by atoms with van der Waals surface area (Å²) in [6, 6.07) is 9.96. The summed E-state index contributed by atoms with van der Waals surface area (Å²) in [7, 11) is 0. The fourth-order valence-electron chi connectivity index (χ4n) is 2.33. The van der Waals surface area contributed by atoms with Crippen molar-refractivity contribution in [3.05, 3.63) is 63.1 Å². The molecule has 0 unspecified atom stereocenters. The molecule has 128 valence electrons. The van der Waals surface area contributed by atoms with Crippen LogP contribution < -0.4 is 10.6 Å². The van der Waals surface area contributed by atoms with Gasteiger partial charge in [-0.1, -0.05) is 29.3 Å². The van der Waals surface area contributed by atoms with Crippen LogP contribution in [0, 0.1) is 0 Å². The number of carbonyl (C=O) groups excluding carboxylic acids is 3. The van der Waals surface area contributed by atoms with Crippen molar-refractivity contribution in [2.45, 2.75) is 5.75 Å². The number of benzene rings is 2. The van der Waals surface area contributed by atoms with Crippen LogP contribution in [0.5, 0.6) is 0 Å². The van der Waals surface area contributed by atoms with Crippen LogP contribution in [0.25, 0.3) is 0 Å². The molecule has 8 heteroatoms. The van der Waals surface area contributed by atoms with Crippen molar-refractivity contribution in [3.63, 3.8) is 0 Å². The lowest BCUT2D eigenvalue weighted by atomic mass is 10.1. The summed E-state index contributed by atoms with van der Waals surface area (Å²) in [6.45, 7) is 0. The molecule has 0 atom stereocenters. The molecule has 0 aromatic heterocycles. The highest BCUT2D eigenvalue weighted by Crippen LogP contribution is 2.25. The van der Waals surface area contributed by atoms with E-state index in [4.69, 9.17) is 23.2 Å². The van der Waals surface area contributed by atoms with E-state index >= 15 is 0 Å². The quantitative estimate of drug-likeness (QED) is 0.757. The van der Waals surface area contributed by atoms with Gasteiger partial charge in [0.25, 0.3) is 11.8 Å². The molecule has 1 aliphatic heterocycles. The van der Waals surface area contributed by atoms with Gasteiger partial charge in [0.05, 0.1) is 26.9 Å². The van der Waals surface area contributed by atoms with E-state index in [0.717, 1.165) is 5.56 Å². The van der Waals surface area contributed by atoms with Gasteiger partial charge in [0.15, 0.2) is 0 Å². The van der Waals surface area contributed by atoms with Gasteiger partial charge in [0, 0.05) is 11.4 Å². The van der Waals surface area contributed by atoms with Crippen LogP contribution in [-0.4, -0.2) is 23.5 Å². The molecule has 25 heavy (non-hydrogen) atoms. The van der Waals surface area contributed by atoms with Crippen LogP contribution in [0.4, 0.5) is 5.69 Å². The van der Waals surface area contributed by atoms with Gasteiger partial charge in [0.2, 0.25) is 5.91 Å². The van der Waals surface area contributed by atoms with Gasteiger partial charge in [-0.25, -0.2) is 0 Å². The number of anilines is 1. The Hall–Kier alpha value is -2.02. The molecule has 0 saturated heterocycles. The highest BCUT2D eigenvalue weighted by atomic mass is 35.5. The summed E-state index contributed by atoms with van der Waals surface area (Å²) in [6.07, 6.45) is 0. The summed E-state index contributed by atoms with van der Waals surface area (Å²) < 4.78 is 0. The molecule has 5 nitrogen and oxygen atoms in total. The molecule has 2 N–H and O–H groups in total. The first-order valence-electron chi connectivity index (χ1n) is 7.25. The maximum absolute atomic E-state index is 12.0. The number of nitrogens with one attached hydrogen (secondary N) is 2. The number of rotatable bonds is 5. The summed E-state index contributed by atoms with van der Waals surface area (Å²) in [5.41, 5.74) is 2.03. The van der Waals surface area contributed by atoms with E-state index in [0.29, 0.717) is 27.0 Å². The molecular weight excluding hydrogens is 383 g/mol. The number of imide groups is 1. The van der Waals surface area contributed by atoms with Crippen LogP contribution in [0.2, 0.25) is 10.0 Å². The third-order valence-corrected chi connectivity index (χ3v) is 5.25. The summed E-state index contributed by atoms with van der Waals surface area (Å²) in [4.78, 5) is 35.1. The number of carbonyl (C=O) groups is 3. The van der Waals surface area contributed by atoms with Crippen molar-refractivity contribution in [2.75, 3.05) is 11.1 Å². The predicted octanol–water partition coefficient (Wildman–Crippen LogP) is 3.75. The highest BCUT2D eigenvalue weighted by Gasteiger charge is 2.26. The number of halogens is 2. The van der Waals surface area contributed by atoms with Gasteiger partial charge in [-0.2, -0.15) is 0 Å². The molecule has 0 spiro atoms. The molecular formula is C17H12Cl2N2O3S. The van der Waals surface area contributed by atoms with Crippen molar-refractivity contribution >= 4 is 58.4 Å². The van der Waals surface area contributed by atoms with Crippen molar-refractivity contribution in [1.29, 1.82) is 0 Å². The van der Waals surface area contributed by atoms with Crippen molar-refractivity contribution in [3.8, 4) is 0 Å². The minimum absolute atomic E-state index is 0.199. The zero-order valence-electron chi connectivity index (χ0n) is 12.8. The van der Waals surface area contributed by atoms with Gasteiger partial charge in [-0.05, 0) is 35.9 Å². The van der Waals surface area contributed by atoms with Gasteiger partial charge < -0.3 is 5.32 Å². The molecule has 0 fully saturated rings. The zero-order chi connectivity index (χ0) is 18.0. The molecule has 0 bridgehead atoms. The number of amides is 3. The van der Waals surface area contributed by atoms with Gasteiger partial charge in [-0.15, -0.1) is 11.8 Å². The lowest BCUT2D eigenvalue weighted by Crippen LogP contribution is -2.19. The molecule has 2 aromatic rings. The van der Waals surface area contributed by atoms with Crippen LogP contribution in [0.15, 0.2) is 36.4 Å². The third kappa shape index (κ3) is 4.15. The molecule has 3 amide bonds. The molecule has 0 saturated carbocycles. The van der Waals surface area contributed by atoms with Crippen LogP contribution >= 0.6 is 35.0 Å². The van der Waals surface area contributed by atoms with E-state index in [-0.39, 0.29) is 17.2 Å². The molecule has 1 heterocycles. The predicted molar refractivity (Wildman–Crippen MR) is 99.5 cm³/mol. The Morgan fingerprint density at radius 1 is 1.00 bits per heavy atom. The van der Waals surface area contributed by atoms with Crippen molar-refractivity contribution < 1.29 is 14.4 Å². The smallest absolute Gasteiger partial charge is 0.259 e. The second-order valence-corrected chi connectivity index (χ2v) is 7.13. The zero-order valence-corrected chi connectivity index (χ0v) is 15.1. The Bertz CT molecular complexity index is 886. The van der Waals surface area contributed by atoms with E-state index in [9.17, 15) is 14.4 Å². The SMILES string of the molecule is O=C(CSCc1ccc(Cl)c(Cl)c1)Nc1ccc2c(c1)C(=O)NC2=O. The standard InChI is InChI=1S/C17H12Cl2N2O3S/c18-13-4-1-9(5-14(13)19)7-25-8-15(22)20-10-2-3-11-12(6-10)17(24)21-16(11)23/h1-6H,7-8H2,(H,20,22)(H,21,23,24). The fourth-order valence-corrected chi connectivity index (χ4v) is 3.43. The Balaban J connectivity index is 1.54. The first-order chi connectivity index (χ1) is 11.9. The Morgan fingerprint density at radius 2 is 1.76 bits per heavy atom. The number of thioether (sulfide) groups is 1. The number of hydrogen-bond donors (Lipinski definition) is 2. The summed E-state index contributed by atoms with van der Waals surface area (Å²) in [5, 5.41) is 5.90. The number of fused-ring (bicyclic) bond motifs is 1. The molecule has 2 aromatic carbocycles. The van der Waals surface area contributed by atoms with Gasteiger partial charge >= 0.3 is 0 Å². The average Bonchev–Trinajstić information content (AvgIpc) is 2.85. The second kappa shape index (κ2) is 7.47. The van der Waals surface area contributed by atoms with Crippen LogP contribution in [-0.2, 0) is 10.5 Å². The minimum atomic E-state index is -0.454. The molecule has 0 aliphatic carbocycles. The van der Waals surface area contributed by atoms with Crippen LogP contribution in [0.3, 0.4) is 0 Å². The first kappa shape index (κ1) is 17.8. The summed E-state index contributed by atoms with van der Waals surface area (Å²) in [5.74, 6) is -0.219. The largest absolute Gasteiger partial charge is 0.325 e. The van der Waals surface area contributed by atoms with E-state index in [1.807, 2.05) is 6.07 Å². The first-order valence-corrected chi connectivity index (χ1v) is 9.16. The average molecular weight is 395 g/mol. The lowest BCUT2D eigenvalue weighted by Gasteiger charge is -2.07. The van der Waals surface area contributed by atoms with Crippen molar-refractivity contribution in [2.24, 2.45) is 0 Å². The topological polar surface area (TPSA) is 75.3 Å². The molecule has 0 radical (unpaired) electrons. The van der Waals surface area contributed by atoms with Gasteiger partial charge in [0.1, 0.15) is 0 Å². The van der Waals surface area contributed by atoms with E-state index in [2.05, 4.69) is 10.6 Å². The van der Waals surface area contributed by atoms with Gasteiger partial charge in [-0.3, -0.25) is 19.7 Å². The lowest BCUT2D eigenvalue weighted by molar-refractivity contribution is -0.113. The van der Waals surface area contributed by atoms with E-state index in [1.165, 1.54) is 23.9 Å². The third-order valence-electron chi connectivity index (χ3n) is 3.51. The van der Waals surface area contributed by atoms with E-state index in [1.54, 1.807) is 18.2 Å². The van der Waals surface area contributed by atoms with E-state index < -0.39 is 11.8 Å². The normalized spacial score (nSPS) is 12.7. The fraction of sp³-hybridized carbons (Fsp3) is 0.118. The Labute approximate surface area is 158 Å². The number of hydrogen-bond acceptors (Lipinski definition) is 4. The summed E-state index contributed by atoms with van der Waals surface area (Å²) >= 11 is 13.2. The Kier molecular flexibility index (Phi) is 5.32. The second-order valence-electron chi connectivity index (χ2n) is 5.33. The molecule has 1 aliphatic rings. The monoisotopic (exact) mass is 394 g/mol. The maximum Gasteiger partial charge on any atom is 0.259 e. The molecule has 3 rings (SSSR count). The Morgan fingerprint density at radius 3 is 2.52 bits per heavy atom. The highest BCUT2D eigenvalue weighted by molar-refractivity contribution is 7.99. The van der Waals surface area contributed by atoms with Crippen LogP contribution in [0.1, 0.15) is 26.3 Å². The van der Waals surface area contributed by atoms with Crippen molar-refractivity contribution in [1.82, 2.24) is 5.32 Å². The minimum Gasteiger partial charge on any atom is -0.325 e. The maximum atomic E-state index is 12.0.